The highest BCUT2D eigenvalue weighted by Gasteiger charge is 2.10. The number of anilines is 2. The fourth-order valence-electron chi connectivity index (χ4n) is 1.48. The van der Waals surface area contributed by atoms with Crippen molar-refractivity contribution in [2.75, 3.05) is 23.3 Å². The molecule has 0 spiro atoms. The first-order valence-electron chi connectivity index (χ1n) is 5.85. The molecule has 0 aliphatic heterocycles. The van der Waals surface area contributed by atoms with Crippen molar-refractivity contribution in [3.8, 4) is 0 Å². The van der Waals surface area contributed by atoms with Gasteiger partial charge in [-0.05, 0) is 25.4 Å². The number of H-pyrrole nitrogens is 1. The van der Waals surface area contributed by atoms with Crippen molar-refractivity contribution >= 4 is 23.5 Å². The average molecular weight is 284 g/mol. The number of nitrogens with zero attached hydrogens (tertiary/aromatic N) is 7. The number of nitrogens with one attached hydrogen (secondary N) is 2. The van der Waals surface area contributed by atoms with E-state index in [0.29, 0.717) is 24.3 Å². The first kappa shape index (κ1) is 13.4. The zero-order valence-electron chi connectivity index (χ0n) is 10.6. The van der Waals surface area contributed by atoms with Crippen molar-refractivity contribution in [2.24, 2.45) is 0 Å². The minimum Gasteiger partial charge on any atom is -0.347 e. The molecular weight excluding hydrogens is 270 g/mol. The van der Waals surface area contributed by atoms with Crippen LogP contribution < -0.4 is 10.2 Å². The molecule has 2 N–H and O–H groups in total. The molecule has 0 fully saturated rings. The maximum absolute atomic E-state index is 5.89. The topological polar surface area (TPSA) is 108 Å². The zero-order chi connectivity index (χ0) is 13.7. The van der Waals surface area contributed by atoms with Gasteiger partial charge in [-0.2, -0.15) is 20.2 Å². The monoisotopic (exact) mass is 283 g/mol. The third kappa shape index (κ3) is 3.47. The van der Waals surface area contributed by atoms with Crippen LogP contribution in [0.25, 0.3) is 0 Å². The van der Waals surface area contributed by atoms with E-state index in [1.807, 2.05) is 18.7 Å². The second-order valence-corrected chi connectivity index (χ2v) is 3.92. The highest BCUT2D eigenvalue weighted by molar-refractivity contribution is 6.28. The Morgan fingerprint density at radius 2 is 2.00 bits per heavy atom. The van der Waals surface area contributed by atoms with E-state index in [-0.39, 0.29) is 5.28 Å². The Bertz CT molecular complexity index is 510. The van der Waals surface area contributed by atoms with E-state index >= 15 is 0 Å². The van der Waals surface area contributed by atoms with Crippen molar-refractivity contribution < 1.29 is 0 Å². The van der Waals surface area contributed by atoms with Crippen LogP contribution in [0.4, 0.5) is 11.9 Å². The van der Waals surface area contributed by atoms with E-state index in [0.717, 1.165) is 13.1 Å². The molecule has 2 aromatic heterocycles. The fourth-order valence-corrected chi connectivity index (χ4v) is 1.64. The Morgan fingerprint density at radius 1 is 1.21 bits per heavy atom. The summed E-state index contributed by atoms with van der Waals surface area (Å²) < 4.78 is 0. The smallest absolute Gasteiger partial charge is 0.231 e. The Labute approximate surface area is 114 Å². The standard InChI is InChI=1S/C9H14ClN9/c1-3-19(4-2)9-13-7(10)12-8(14-9)11-5-6-15-17-18-16-6/h3-5H2,1-2H3,(H,11,12,13,14)(H,15,16,17,18). The van der Waals surface area contributed by atoms with Crippen LogP contribution in [0, 0.1) is 0 Å². The van der Waals surface area contributed by atoms with Gasteiger partial charge in [-0.1, -0.05) is 5.21 Å². The summed E-state index contributed by atoms with van der Waals surface area (Å²) in [5.41, 5.74) is 0. The molecule has 0 saturated carbocycles. The molecular formula is C9H14ClN9. The molecule has 0 atom stereocenters. The molecule has 0 aromatic carbocycles. The Hall–Kier alpha value is -2.03. The van der Waals surface area contributed by atoms with Crippen LogP contribution in [0.3, 0.4) is 0 Å². The molecule has 0 aliphatic carbocycles. The minimum atomic E-state index is 0.146. The first-order chi connectivity index (χ1) is 9.22. The molecule has 10 heteroatoms. The third-order valence-corrected chi connectivity index (χ3v) is 2.61. The first-order valence-corrected chi connectivity index (χ1v) is 6.23. The summed E-state index contributed by atoms with van der Waals surface area (Å²) in [5, 5.41) is 16.6. The molecule has 0 radical (unpaired) electrons. The van der Waals surface area contributed by atoms with E-state index in [4.69, 9.17) is 11.6 Å². The van der Waals surface area contributed by atoms with Crippen LogP contribution in [0.2, 0.25) is 5.28 Å². The predicted molar refractivity (Wildman–Crippen MR) is 69.9 cm³/mol. The molecule has 2 aromatic rings. The second-order valence-electron chi connectivity index (χ2n) is 3.58. The quantitative estimate of drug-likeness (QED) is 0.789. The van der Waals surface area contributed by atoms with E-state index in [1.54, 1.807) is 0 Å². The summed E-state index contributed by atoms with van der Waals surface area (Å²) in [7, 11) is 0. The molecule has 0 bridgehead atoms. The normalized spacial score (nSPS) is 10.5. The zero-order valence-corrected chi connectivity index (χ0v) is 11.4. The summed E-state index contributed by atoms with van der Waals surface area (Å²) in [6.45, 7) is 5.98. The summed E-state index contributed by atoms with van der Waals surface area (Å²) in [5.74, 6) is 1.44. The summed E-state index contributed by atoms with van der Waals surface area (Å²) in [6, 6.07) is 0. The molecule has 2 rings (SSSR count). The molecule has 0 amide bonds. The van der Waals surface area contributed by atoms with Crippen molar-refractivity contribution in [1.29, 1.82) is 0 Å². The number of aromatic nitrogens is 7. The van der Waals surface area contributed by atoms with Crippen LogP contribution in [0.5, 0.6) is 0 Å². The van der Waals surface area contributed by atoms with Gasteiger partial charge >= 0.3 is 0 Å². The Kier molecular flexibility index (Phi) is 4.39. The largest absolute Gasteiger partial charge is 0.347 e. The SMILES string of the molecule is CCN(CC)c1nc(Cl)nc(NCc2nn[nH]n2)n1. The highest BCUT2D eigenvalue weighted by Crippen LogP contribution is 2.13. The second kappa shape index (κ2) is 6.23. The average Bonchev–Trinajstić information content (AvgIpc) is 2.90. The van der Waals surface area contributed by atoms with Crippen molar-refractivity contribution in [2.45, 2.75) is 20.4 Å². The molecule has 0 saturated heterocycles. The number of tetrazole rings is 1. The third-order valence-electron chi connectivity index (χ3n) is 2.44. The molecule has 0 unspecified atom stereocenters. The van der Waals surface area contributed by atoms with E-state index in [2.05, 4.69) is 40.9 Å². The number of hydrogen-bond acceptors (Lipinski definition) is 8. The molecule has 9 nitrogen and oxygen atoms in total. The molecule has 2 heterocycles. The van der Waals surface area contributed by atoms with E-state index in [9.17, 15) is 0 Å². The molecule has 102 valence electrons. The molecule has 0 aliphatic rings. The minimum absolute atomic E-state index is 0.146. The van der Waals surface area contributed by atoms with Crippen molar-refractivity contribution in [3.63, 3.8) is 0 Å². The van der Waals surface area contributed by atoms with Gasteiger partial charge in [0.2, 0.25) is 17.2 Å². The lowest BCUT2D eigenvalue weighted by Crippen LogP contribution is -2.25. The van der Waals surface area contributed by atoms with Gasteiger partial charge in [-0.25, -0.2) is 0 Å². The van der Waals surface area contributed by atoms with Crippen LogP contribution in [-0.2, 0) is 6.54 Å². The van der Waals surface area contributed by atoms with E-state index < -0.39 is 0 Å². The lowest BCUT2D eigenvalue weighted by atomic mass is 10.5. The van der Waals surface area contributed by atoms with Gasteiger partial charge in [0.25, 0.3) is 0 Å². The van der Waals surface area contributed by atoms with Gasteiger partial charge in [0, 0.05) is 13.1 Å². The van der Waals surface area contributed by atoms with Crippen LogP contribution in [-0.4, -0.2) is 48.7 Å². The van der Waals surface area contributed by atoms with Crippen LogP contribution in [0.15, 0.2) is 0 Å². The predicted octanol–water partition coefficient (Wildman–Crippen LogP) is 0.496. The summed E-state index contributed by atoms with van der Waals surface area (Å²) in [4.78, 5) is 14.4. The Morgan fingerprint density at radius 3 is 2.63 bits per heavy atom. The van der Waals surface area contributed by atoms with Gasteiger partial charge in [0.1, 0.15) is 0 Å². The van der Waals surface area contributed by atoms with Gasteiger partial charge in [-0.15, -0.1) is 10.2 Å². The fraction of sp³-hybridized carbons (Fsp3) is 0.556. The lowest BCUT2D eigenvalue weighted by molar-refractivity contribution is 0.809. The number of halogens is 1. The number of hydrogen-bond donors (Lipinski definition) is 2. The van der Waals surface area contributed by atoms with Gasteiger partial charge in [0.15, 0.2) is 5.82 Å². The Balaban J connectivity index is 2.12. The van der Waals surface area contributed by atoms with Crippen molar-refractivity contribution in [3.05, 3.63) is 11.1 Å². The van der Waals surface area contributed by atoms with Gasteiger partial charge < -0.3 is 10.2 Å². The van der Waals surface area contributed by atoms with Crippen LogP contribution >= 0.6 is 11.6 Å². The number of aromatic amines is 1. The van der Waals surface area contributed by atoms with Gasteiger partial charge in [0.05, 0.1) is 6.54 Å². The highest BCUT2D eigenvalue weighted by atomic mass is 35.5. The van der Waals surface area contributed by atoms with Crippen molar-refractivity contribution in [1.82, 2.24) is 35.6 Å². The number of rotatable bonds is 6. The maximum atomic E-state index is 5.89. The van der Waals surface area contributed by atoms with E-state index in [1.165, 1.54) is 0 Å². The van der Waals surface area contributed by atoms with Crippen LogP contribution in [0.1, 0.15) is 19.7 Å². The summed E-state index contributed by atoms with van der Waals surface area (Å²) >= 11 is 5.89. The summed E-state index contributed by atoms with van der Waals surface area (Å²) in [6.07, 6.45) is 0. The molecule has 19 heavy (non-hydrogen) atoms. The lowest BCUT2D eigenvalue weighted by Gasteiger charge is -2.18. The maximum Gasteiger partial charge on any atom is 0.231 e. The van der Waals surface area contributed by atoms with Gasteiger partial charge in [-0.3, -0.25) is 0 Å².